The standard InChI is InChI=1S/C24H22F3N9O/c1-35-23(24(25,26)27)33-19(34-35)15-5-3-13(4-6-15)11-36-21-16(10-31-36)9-28-20(32-21)17-18(14-7-8-14)29-12-30-22(17)37-2/h3-6,10,12,14,31H,7-9,11H2,1-2H3. The fraction of sp³-hybridized carbons (Fsp3) is 0.333. The maximum atomic E-state index is 13.1. The minimum absolute atomic E-state index is 0.0210. The number of fused-ring (bicyclic) bond motifs is 1. The van der Waals surface area contributed by atoms with Gasteiger partial charge in [0.15, 0.2) is 17.5 Å². The minimum Gasteiger partial charge on any atom is -0.480 e. The highest BCUT2D eigenvalue weighted by molar-refractivity contribution is 6.15. The van der Waals surface area contributed by atoms with Crippen LogP contribution in [0.2, 0.25) is 0 Å². The van der Waals surface area contributed by atoms with Gasteiger partial charge in [-0.15, -0.1) is 0 Å². The predicted molar refractivity (Wildman–Crippen MR) is 128 cm³/mol. The van der Waals surface area contributed by atoms with Gasteiger partial charge in [0.1, 0.15) is 11.9 Å². The second-order valence-corrected chi connectivity index (χ2v) is 8.95. The average molecular weight is 509 g/mol. The summed E-state index contributed by atoms with van der Waals surface area (Å²) in [6.07, 6.45) is 0.943. The van der Waals surface area contributed by atoms with Crippen molar-refractivity contribution in [1.82, 2.24) is 35.2 Å². The van der Waals surface area contributed by atoms with Crippen molar-refractivity contribution < 1.29 is 17.9 Å². The number of nitrogens with zero attached hydrogens (tertiary/aromatic N) is 8. The Balaban J connectivity index is 1.23. The van der Waals surface area contributed by atoms with Crippen LogP contribution in [0.5, 0.6) is 5.88 Å². The Kier molecular flexibility index (Phi) is 5.42. The number of hydrazine groups is 1. The highest BCUT2D eigenvalue weighted by atomic mass is 19.4. The lowest BCUT2D eigenvalue weighted by Crippen LogP contribution is -2.36. The van der Waals surface area contributed by atoms with Gasteiger partial charge >= 0.3 is 6.18 Å². The largest absolute Gasteiger partial charge is 0.480 e. The first-order chi connectivity index (χ1) is 17.8. The molecule has 0 radical (unpaired) electrons. The molecule has 1 aliphatic carbocycles. The lowest BCUT2D eigenvalue weighted by molar-refractivity contribution is -0.147. The number of ether oxygens (including phenoxy) is 1. The van der Waals surface area contributed by atoms with E-state index >= 15 is 0 Å². The summed E-state index contributed by atoms with van der Waals surface area (Å²) in [5.74, 6) is 1.08. The summed E-state index contributed by atoms with van der Waals surface area (Å²) in [6.45, 7) is 0.916. The van der Waals surface area contributed by atoms with Crippen molar-refractivity contribution in [2.24, 2.45) is 17.0 Å². The number of alkyl halides is 3. The number of amidine groups is 2. The SMILES string of the molecule is COc1ncnc(C2CC2)c1C1=NCC2=CNN(Cc3ccc(-c4nc(C(F)(F)F)n(C)n4)cc3)C2=N1. The number of nitrogens with one attached hydrogen (secondary N) is 1. The summed E-state index contributed by atoms with van der Waals surface area (Å²) >= 11 is 0. The minimum atomic E-state index is -4.57. The number of halogens is 3. The van der Waals surface area contributed by atoms with Gasteiger partial charge in [-0.1, -0.05) is 24.3 Å². The summed E-state index contributed by atoms with van der Waals surface area (Å²) in [5, 5.41) is 5.81. The Morgan fingerprint density at radius 1 is 1.14 bits per heavy atom. The zero-order chi connectivity index (χ0) is 25.7. The number of aryl methyl sites for hydroxylation is 1. The van der Waals surface area contributed by atoms with Gasteiger partial charge < -0.3 is 10.2 Å². The molecular formula is C24H22F3N9O. The van der Waals surface area contributed by atoms with E-state index in [1.54, 1.807) is 19.2 Å². The molecule has 1 N–H and O–H groups in total. The Labute approximate surface area is 209 Å². The molecule has 1 saturated carbocycles. The van der Waals surface area contributed by atoms with Crippen molar-refractivity contribution >= 4 is 11.7 Å². The molecule has 0 amide bonds. The third kappa shape index (κ3) is 4.30. The lowest BCUT2D eigenvalue weighted by Gasteiger charge is -2.23. The Morgan fingerprint density at radius 2 is 1.92 bits per heavy atom. The number of aliphatic imine (C=N–C) groups is 2. The molecule has 0 atom stereocenters. The van der Waals surface area contributed by atoms with E-state index in [2.05, 4.69) is 30.5 Å². The maximum Gasteiger partial charge on any atom is 0.451 e. The first kappa shape index (κ1) is 23.1. The summed E-state index contributed by atoms with van der Waals surface area (Å²) < 4.78 is 45.5. The van der Waals surface area contributed by atoms with Gasteiger partial charge in [0.25, 0.3) is 0 Å². The van der Waals surface area contributed by atoms with Crippen molar-refractivity contribution in [2.75, 3.05) is 13.7 Å². The van der Waals surface area contributed by atoms with Gasteiger partial charge in [-0.05, 0) is 18.4 Å². The fourth-order valence-electron chi connectivity index (χ4n) is 4.36. The highest BCUT2D eigenvalue weighted by Crippen LogP contribution is 2.42. The van der Waals surface area contributed by atoms with E-state index in [-0.39, 0.29) is 5.82 Å². The second-order valence-electron chi connectivity index (χ2n) is 8.95. The number of rotatable bonds is 6. The smallest absolute Gasteiger partial charge is 0.451 e. The van der Waals surface area contributed by atoms with Gasteiger partial charge in [0.05, 0.1) is 25.9 Å². The van der Waals surface area contributed by atoms with Gasteiger partial charge in [0.2, 0.25) is 11.7 Å². The van der Waals surface area contributed by atoms with Crippen molar-refractivity contribution in [3.8, 4) is 17.3 Å². The number of hydrogen-bond donors (Lipinski definition) is 1. The normalized spacial score (nSPS) is 17.1. The number of benzene rings is 1. The molecule has 2 aromatic heterocycles. The van der Waals surface area contributed by atoms with E-state index in [0.29, 0.717) is 36.3 Å². The number of hydrogen-bond acceptors (Lipinski definition) is 9. The maximum absolute atomic E-state index is 13.1. The van der Waals surface area contributed by atoms with Crippen LogP contribution in [0.25, 0.3) is 11.4 Å². The van der Waals surface area contributed by atoms with E-state index in [4.69, 9.17) is 9.73 Å². The third-order valence-electron chi connectivity index (χ3n) is 6.34. The highest BCUT2D eigenvalue weighted by Gasteiger charge is 2.37. The van der Waals surface area contributed by atoms with Crippen molar-refractivity contribution in [1.29, 1.82) is 0 Å². The molecule has 0 unspecified atom stereocenters. The molecule has 3 aromatic rings. The molecule has 0 spiro atoms. The fourth-order valence-corrected chi connectivity index (χ4v) is 4.36. The van der Waals surface area contributed by atoms with Crippen LogP contribution in [0.3, 0.4) is 0 Å². The molecule has 0 bridgehead atoms. The molecular weight excluding hydrogens is 487 g/mol. The van der Waals surface area contributed by atoms with Gasteiger partial charge in [-0.2, -0.15) is 18.3 Å². The Morgan fingerprint density at radius 3 is 2.59 bits per heavy atom. The molecule has 190 valence electrons. The summed E-state index contributed by atoms with van der Waals surface area (Å²) in [6, 6.07) is 7.07. The number of methoxy groups -OCH3 is 1. The average Bonchev–Trinajstić information content (AvgIpc) is 3.55. The third-order valence-corrected chi connectivity index (χ3v) is 6.34. The second kappa shape index (κ2) is 8.68. The molecule has 6 rings (SSSR count). The zero-order valence-corrected chi connectivity index (χ0v) is 20.0. The molecule has 4 heterocycles. The Hall–Kier alpha value is -4.29. The molecule has 1 fully saturated rings. The van der Waals surface area contributed by atoms with Crippen LogP contribution in [0.1, 0.15) is 41.4 Å². The summed E-state index contributed by atoms with van der Waals surface area (Å²) in [5.41, 5.74) is 7.23. The summed E-state index contributed by atoms with van der Waals surface area (Å²) in [7, 11) is 2.80. The van der Waals surface area contributed by atoms with Crippen LogP contribution in [0.15, 0.2) is 52.4 Å². The number of aromatic nitrogens is 5. The predicted octanol–water partition coefficient (Wildman–Crippen LogP) is 3.24. The molecule has 2 aliphatic heterocycles. The van der Waals surface area contributed by atoms with Crippen LogP contribution in [-0.4, -0.2) is 55.1 Å². The van der Waals surface area contributed by atoms with Gasteiger partial charge in [0, 0.05) is 30.3 Å². The van der Waals surface area contributed by atoms with Gasteiger partial charge in [-0.3, -0.25) is 10.0 Å². The monoisotopic (exact) mass is 509 g/mol. The van der Waals surface area contributed by atoms with Crippen LogP contribution < -0.4 is 10.2 Å². The van der Waals surface area contributed by atoms with Gasteiger partial charge in [-0.25, -0.2) is 24.6 Å². The van der Waals surface area contributed by atoms with Crippen molar-refractivity contribution in [3.63, 3.8) is 0 Å². The summed E-state index contributed by atoms with van der Waals surface area (Å²) in [4.78, 5) is 21.9. The first-order valence-electron chi connectivity index (χ1n) is 11.6. The topological polar surface area (TPSA) is 106 Å². The molecule has 13 heteroatoms. The molecule has 37 heavy (non-hydrogen) atoms. The molecule has 1 aromatic carbocycles. The van der Waals surface area contributed by atoms with E-state index in [1.165, 1.54) is 13.4 Å². The first-order valence-corrected chi connectivity index (χ1v) is 11.6. The van der Waals surface area contributed by atoms with Crippen LogP contribution in [0, 0.1) is 0 Å². The molecule has 10 nitrogen and oxygen atoms in total. The van der Waals surface area contributed by atoms with Crippen LogP contribution in [0.4, 0.5) is 13.2 Å². The zero-order valence-electron chi connectivity index (χ0n) is 20.0. The lowest BCUT2D eigenvalue weighted by atomic mass is 10.1. The van der Waals surface area contributed by atoms with E-state index in [9.17, 15) is 13.2 Å². The van der Waals surface area contributed by atoms with Crippen molar-refractivity contribution in [2.45, 2.75) is 31.5 Å². The molecule has 3 aliphatic rings. The van der Waals surface area contributed by atoms with E-state index in [1.807, 2.05) is 23.3 Å². The van der Waals surface area contributed by atoms with Crippen molar-refractivity contribution in [3.05, 3.63) is 65.0 Å². The van der Waals surface area contributed by atoms with E-state index in [0.717, 1.165) is 45.8 Å². The molecule has 0 saturated heterocycles. The van der Waals surface area contributed by atoms with Crippen LogP contribution in [-0.2, 0) is 19.8 Å². The Bertz CT molecular complexity index is 1450. The van der Waals surface area contributed by atoms with Crippen LogP contribution >= 0.6 is 0 Å². The van der Waals surface area contributed by atoms with E-state index < -0.39 is 12.0 Å². The quantitative estimate of drug-likeness (QED) is 0.544.